The van der Waals surface area contributed by atoms with Crippen LogP contribution in [0.2, 0.25) is 5.02 Å². The first kappa shape index (κ1) is 20.7. The van der Waals surface area contributed by atoms with Gasteiger partial charge in [0.05, 0.1) is 29.5 Å². The number of nitrogens with zero attached hydrogens (tertiary/aromatic N) is 5. The summed E-state index contributed by atoms with van der Waals surface area (Å²) in [6, 6.07) is 7.55. The Morgan fingerprint density at radius 2 is 1.88 bits per heavy atom. The maximum absolute atomic E-state index is 13.5. The van der Waals surface area contributed by atoms with Crippen LogP contribution in [-0.4, -0.2) is 33.5 Å². The van der Waals surface area contributed by atoms with E-state index in [4.69, 9.17) is 26.4 Å². The number of rotatable bonds is 3. The minimum atomic E-state index is -0.195. The predicted octanol–water partition coefficient (Wildman–Crippen LogP) is 4.58. The molecular weight excluding hydrogens is 426 g/mol. The predicted molar refractivity (Wildman–Crippen MR) is 125 cm³/mol. The maximum Gasteiger partial charge on any atom is 0.252 e. The van der Waals surface area contributed by atoms with Gasteiger partial charge in [0, 0.05) is 18.4 Å². The Morgan fingerprint density at radius 3 is 2.59 bits per heavy atom. The van der Waals surface area contributed by atoms with E-state index in [0.29, 0.717) is 23.0 Å². The molecule has 2 aliphatic rings. The van der Waals surface area contributed by atoms with E-state index in [1.54, 1.807) is 11.8 Å². The van der Waals surface area contributed by atoms with Crippen LogP contribution < -0.4 is 9.75 Å². The molecular formula is C24H24ClN5O2. The number of hydrogen-bond donors (Lipinski definition) is 0. The van der Waals surface area contributed by atoms with Crippen LogP contribution in [0.25, 0.3) is 11.0 Å². The molecule has 3 heterocycles. The van der Waals surface area contributed by atoms with Crippen molar-refractivity contribution in [3.05, 3.63) is 58.3 Å². The van der Waals surface area contributed by atoms with Crippen molar-refractivity contribution in [1.29, 1.82) is 0 Å². The summed E-state index contributed by atoms with van der Waals surface area (Å²) in [4.78, 5) is 18.3. The lowest BCUT2D eigenvalue weighted by Crippen LogP contribution is -2.45. The maximum atomic E-state index is 13.5. The van der Waals surface area contributed by atoms with Gasteiger partial charge in [-0.25, -0.2) is 4.98 Å². The van der Waals surface area contributed by atoms with Crippen LogP contribution in [0.3, 0.4) is 0 Å². The van der Waals surface area contributed by atoms with Crippen LogP contribution in [0.1, 0.15) is 29.7 Å². The van der Waals surface area contributed by atoms with E-state index in [2.05, 4.69) is 17.3 Å². The highest BCUT2D eigenvalue weighted by Crippen LogP contribution is 2.38. The van der Waals surface area contributed by atoms with Gasteiger partial charge in [0.2, 0.25) is 0 Å². The highest BCUT2D eigenvalue weighted by Gasteiger charge is 2.41. The van der Waals surface area contributed by atoms with Crippen LogP contribution >= 0.6 is 11.6 Å². The summed E-state index contributed by atoms with van der Waals surface area (Å²) in [5.41, 5.74) is 4.38. The lowest BCUT2D eigenvalue weighted by atomic mass is 9.76. The molecule has 1 aliphatic carbocycles. The molecule has 0 fully saturated rings. The number of benzene rings is 1. The highest BCUT2D eigenvalue weighted by molar-refractivity contribution is 6.32. The third-order valence-corrected chi connectivity index (χ3v) is 6.63. The zero-order valence-corrected chi connectivity index (χ0v) is 19.2. The summed E-state index contributed by atoms with van der Waals surface area (Å²) in [6.45, 7) is 3.97. The van der Waals surface area contributed by atoms with Crippen molar-refractivity contribution in [3.63, 3.8) is 0 Å². The van der Waals surface area contributed by atoms with Crippen molar-refractivity contribution in [2.24, 2.45) is 24.0 Å². The summed E-state index contributed by atoms with van der Waals surface area (Å²) in [7, 11) is 3.45. The van der Waals surface area contributed by atoms with Crippen molar-refractivity contribution < 1.29 is 9.53 Å². The molecule has 2 atom stereocenters. The molecule has 0 bridgehead atoms. The molecule has 0 spiro atoms. The smallest absolute Gasteiger partial charge is 0.252 e. The minimum absolute atomic E-state index is 0.00279. The monoisotopic (exact) mass is 449 g/mol. The number of hydrazone groups is 1. The number of carbonyl (C=O) groups excluding carboxylic acids is 1. The number of amides is 1. The van der Waals surface area contributed by atoms with Crippen LogP contribution in [0.5, 0.6) is 5.75 Å². The number of allylic oxidation sites excluding steroid dienone is 2. The van der Waals surface area contributed by atoms with Gasteiger partial charge in [-0.3, -0.25) is 9.48 Å². The van der Waals surface area contributed by atoms with Gasteiger partial charge in [0.25, 0.3) is 5.91 Å². The summed E-state index contributed by atoms with van der Waals surface area (Å²) in [5.74, 6) is 0.881. The Bertz CT molecular complexity index is 1310. The molecule has 164 valence electrons. The fourth-order valence-corrected chi connectivity index (χ4v) is 5.05. The molecule has 0 radical (unpaired) electrons. The number of methoxy groups -OCH3 is 1. The lowest BCUT2D eigenvalue weighted by molar-refractivity contribution is -0.123. The third kappa shape index (κ3) is 3.19. The van der Waals surface area contributed by atoms with Crippen molar-refractivity contribution in [2.45, 2.75) is 26.7 Å². The second-order valence-electron chi connectivity index (χ2n) is 8.35. The zero-order chi connectivity index (χ0) is 22.6. The summed E-state index contributed by atoms with van der Waals surface area (Å²) >= 11 is 6.42. The van der Waals surface area contributed by atoms with Gasteiger partial charge in [-0.05, 0) is 62.1 Å². The number of aryl methyl sites for hydroxylation is 3. The van der Waals surface area contributed by atoms with Crippen molar-refractivity contribution in [2.75, 3.05) is 12.1 Å². The number of anilines is 1. The van der Waals surface area contributed by atoms with Gasteiger partial charge in [-0.1, -0.05) is 23.8 Å². The average molecular weight is 450 g/mol. The van der Waals surface area contributed by atoms with Crippen molar-refractivity contribution >= 4 is 40.1 Å². The van der Waals surface area contributed by atoms with E-state index in [1.165, 1.54) is 5.01 Å². The van der Waals surface area contributed by atoms with E-state index < -0.39 is 0 Å². The largest absolute Gasteiger partial charge is 0.495 e. The first-order valence-corrected chi connectivity index (χ1v) is 11.0. The normalized spacial score (nSPS) is 20.5. The molecule has 0 saturated heterocycles. The molecule has 0 saturated carbocycles. The SMILES string of the molecule is COc1ccc(C2=NN(c3cc(C)c4c(C)nn(C)c4n3)C(=O)C3CC=CCC23)cc1Cl. The molecule has 3 aromatic rings. The van der Waals surface area contributed by atoms with Crippen LogP contribution in [0, 0.1) is 25.7 Å². The van der Waals surface area contributed by atoms with Crippen LogP contribution in [-0.2, 0) is 11.8 Å². The van der Waals surface area contributed by atoms with E-state index in [9.17, 15) is 4.79 Å². The van der Waals surface area contributed by atoms with Gasteiger partial charge < -0.3 is 4.74 Å². The van der Waals surface area contributed by atoms with Crippen LogP contribution in [0.4, 0.5) is 5.82 Å². The lowest BCUT2D eigenvalue weighted by Gasteiger charge is -2.36. The van der Waals surface area contributed by atoms with Gasteiger partial charge in [-0.15, -0.1) is 0 Å². The number of ether oxygens (including phenoxy) is 1. The number of fused-ring (bicyclic) bond motifs is 2. The van der Waals surface area contributed by atoms with Gasteiger partial charge >= 0.3 is 0 Å². The Labute approximate surface area is 191 Å². The number of carbonyl (C=O) groups is 1. The molecule has 2 aromatic heterocycles. The molecule has 32 heavy (non-hydrogen) atoms. The summed E-state index contributed by atoms with van der Waals surface area (Å²) in [5, 5.41) is 12.3. The molecule has 0 N–H and O–H groups in total. The third-order valence-electron chi connectivity index (χ3n) is 6.33. The average Bonchev–Trinajstić information content (AvgIpc) is 3.08. The zero-order valence-electron chi connectivity index (χ0n) is 18.5. The summed E-state index contributed by atoms with van der Waals surface area (Å²) < 4.78 is 7.05. The topological polar surface area (TPSA) is 72.6 Å². The van der Waals surface area contributed by atoms with Crippen LogP contribution in [0.15, 0.2) is 41.5 Å². The van der Waals surface area contributed by atoms with Crippen molar-refractivity contribution in [1.82, 2.24) is 14.8 Å². The number of pyridine rings is 1. The molecule has 2 unspecified atom stereocenters. The number of hydrogen-bond acceptors (Lipinski definition) is 5. The molecule has 7 nitrogen and oxygen atoms in total. The molecule has 1 aliphatic heterocycles. The molecule has 1 amide bonds. The molecule has 1 aromatic carbocycles. The van der Waals surface area contributed by atoms with E-state index in [1.807, 2.05) is 45.2 Å². The Hall–Kier alpha value is -3.19. The summed E-state index contributed by atoms with van der Waals surface area (Å²) in [6.07, 6.45) is 5.64. The minimum Gasteiger partial charge on any atom is -0.495 e. The first-order valence-electron chi connectivity index (χ1n) is 10.6. The Balaban J connectivity index is 1.67. The van der Waals surface area contributed by atoms with E-state index >= 15 is 0 Å². The number of halogens is 1. The standard InChI is InChI=1S/C24H24ClN5O2/c1-13-11-20(26-23-21(13)14(2)27-29(23)3)30-24(31)17-8-6-5-7-16(17)22(28-30)15-9-10-19(32-4)18(25)12-15/h5-6,9-12,16-17H,7-8H2,1-4H3. The van der Waals surface area contributed by atoms with E-state index in [0.717, 1.165) is 40.0 Å². The second-order valence-corrected chi connectivity index (χ2v) is 8.75. The fraction of sp³-hybridized carbons (Fsp3) is 0.333. The molecule has 8 heteroatoms. The number of aromatic nitrogens is 3. The van der Waals surface area contributed by atoms with E-state index in [-0.39, 0.29) is 17.7 Å². The Morgan fingerprint density at radius 1 is 1.12 bits per heavy atom. The van der Waals surface area contributed by atoms with Gasteiger partial charge in [0.1, 0.15) is 5.75 Å². The quantitative estimate of drug-likeness (QED) is 0.548. The highest BCUT2D eigenvalue weighted by atomic mass is 35.5. The van der Waals surface area contributed by atoms with Gasteiger partial charge in [0.15, 0.2) is 11.5 Å². The van der Waals surface area contributed by atoms with Crippen molar-refractivity contribution in [3.8, 4) is 5.75 Å². The first-order chi connectivity index (χ1) is 15.4. The molecule has 5 rings (SSSR count). The Kier molecular flexibility index (Phi) is 5.01. The fourth-order valence-electron chi connectivity index (χ4n) is 4.79. The van der Waals surface area contributed by atoms with Gasteiger partial charge in [-0.2, -0.15) is 15.2 Å². The second kappa shape index (κ2) is 7.74.